The van der Waals surface area contributed by atoms with Gasteiger partial charge < -0.3 is 15.7 Å². The molecular weight excluding hydrogens is 322 g/mol. The third-order valence-electron chi connectivity index (χ3n) is 4.35. The van der Waals surface area contributed by atoms with Crippen molar-refractivity contribution in [1.29, 1.82) is 0 Å². The second kappa shape index (κ2) is 7.15. The fourth-order valence-electron chi connectivity index (χ4n) is 2.85. The van der Waals surface area contributed by atoms with Crippen LogP contribution in [0.1, 0.15) is 17.7 Å². The number of nitrogens with one attached hydrogen (secondary N) is 2. The third-order valence-corrected chi connectivity index (χ3v) is 5.32. The van der Waals surface area contributed by atoms with Crippen LogP contribution in [-0.4, -0.2) is 28.6 Å². The first-order valence-corrected chi connectivity index (χ1v) is 8.81. The summed E-state index contributed by atoms with van der Waals surface area (Å²) in [6, 6.07) is 7.89. The molecule has 0 saturated carbocycles. The molecule has 0 bridgehead atoms. The highest BCUT2D eigenvalue weighted by Gasteiger charge is 2.30. The molecule has 2 heterocycles. The average molecular weight is 343 g/mol. The summed E-state index contributed by atoms with van der Waals surface area (Å²) in [6.07, 6.45) is 0.588. The van der Waals surface area contributed by atoms with Crippen LogP contribution in [-0.2, 0) is 11.3 Å². The molecule has 6 heteroatoms. The topological polar surface area (TPSA) is 74.2 Å². The van der Waals surface area contributed by atoms with Gasteiger partial charge in [-0.15, -0.1) is 11.3 Å². The number of hydrogen-bond donors (Lipinski definition) is 3. The van der Waals surface area contributed by atoms with E-state index in [4.69, 9.17) is 0 Å². The monoisotopic (exact) mass is 343 g/mol. The molecule has 3 N–H and O–H groups in total. The van der Waals surface area contributed by atoms with Crippen LogP contribution in [0.4, 0.5) is 0 Å². The predicted octanol–water partition coefficient (Wildman–Crippen LogP) is 2.78. The number of thiazole rings is 1. The number of aryl methyl sites for hydroxylation is 1. The number of hydrogen-bond acceptors (Lipinski definition) is 5. The van der Waals surface area contributed by atoms with E-state index in [1.165, 1.54) is 4.88 Å². The zero-order valence-corrected chi connectivity index (χ0v) is 14.4. The lowest BCUT2D eigenvalue weighted by Gasteiger charge is -2.12. The number of amides is 1. The standard InChI is InChI=1S/C18H21N3O2S/c1-11-17(24-10-21-11)14-5-3-13(4-6-14)8-20-18(23)16-7-15(9-19-16)12(2)22/h3-6,10,15-16,19,22H,2,7-9H2,1H3,(H,20,23)/t15?,16-/m0/s1. The number of aliphatic hydroxyl groups excluding tert-OH is 1. The fourth-order valence-corrected chi connectivity index (χ4v) is 3.67. The first-order valence-electron chi connectivity index (χ1n) is 7.93. The van der Waals surface area contributed by atoms with Crippen LogP contribution in [0.5, 0.6) is 0 Å². The van der Waals surface area contributed by atoms with Gasteiger partial charge in [0.15, 0.2) is 0 Å². The van der Waals surface area contributed by atoms with Gasteiger partial charge in [-0.25, -0.2) is 4.98 Å². The molecule has 0 spiro atoms. The molecule has 1 aliphatic heterocycles. The van der Waals surface area contributed by atoms with Crippen LogP contribution >= 0.6 is 11.3 Å². The quantitative estimate of drug-likeness (QED) is 0.730. The van der Waals surface area contributed by atoms with Gasteiger partial charge in [0.1, 0.15) is 0 Å². The summed E-state index contributed by atoms with van der Waals surface area (Å²) in [5, 5.41) is 15.5. The molecule has 1 amide bonds. The van der Waals surface area contributed by atoms with Crippen molar-refractivity contribution in [2.45, 2.75) is 25.9 Å². The van der Waals surface area contributed by atoms with Crippen molar-refractivity contribution in [3.05, 3.63) is 53.4 Å². The van der Waals surface area contributed by atoms with Crippen LogP contribution in [0, 0.1) is 12.8 Å². The van der Waals surface area contributed by atoms with Crippen LogP contribution in [0.25, 0.3) is 10.4 Å². The molecule has 1 fully saturated rings. The first-order chi connectivity index (χ1) is 11.5. The lowest BCUT2D eigenvalue weighted by molar-refractivity contribution is -0.123. The zero-order chi connectivity index (χ0) is 17.1. The fraction of sp³-hybridized carbons (Fsp3) is 0.333. The summed E-state index contributed by atoms with van der Waals surface area (Å²) in [7, 11) is 0. The van der Waals surface area contributed by atoms with Gasteiger partial charge in [0.25, 0.3) is 0 Å². The van der Waals surface area contributed by atoms with Crippen LogP contribution < -0.4 is 10.6 Å². The van der Waals surface area contributed by atoms with Gasteiger partial charge in [0, 0.05) is 19.0 Å². The molecule has 1 unspecified atom stereocenters. The Morgan fingerprint density at radius 2 is 2.21 bits per heavy atom. The van der Waals surface area contributed by atoms with Crippen LogP contribution in [0.3, 0.4) is 0 Å². The zero-order valence-electron chi connectivity index (χ0n) is 13.6. The minimum Gasteiger partial charge on any atom is -0.513 e. The van der Waals surface area contributed by atoms with E-state index in [0.717, 1.165) is 16.8 Å². The molecule has 24 heavy (non-hydrogen) atoms. The van der Waals surface area contributed by atoms with Gasteiger partial charge >= 0.3 is 0 Å². The summed E-state index contributed by atoms with van der Waals surface area (Å²) >= 11 is 1.63. The van der Waals surface area contributed by atoms with Gasteiger partial charge in [0.2, 0.25) is 5.91 Å². The maximum Gasteiger partial charge on any atom is 0.237 e. The van der Waals surface area contributed by atoms with Crippen molar-refractivity contribution >= 4 is 17.2 Å². The molecule has 5 nitrogen and oxygen atoms in total. The summed E-state index contributed by atoms with van der Waals surface area (Å²) < 4.78 is 0. The molecule has 0 aliphatic carbocycles. The highest BCUT2D eigenvalue weighted by Crippen LogP contribution is 2.27. The molecule has 1 aromatic heterocycles. The summed E-state index contributed by atoms with van der Waals surface area (Å²) in [4.78, 5) is 17.6. The van der Waals surface area contributed by atoms with Crippen LogP contribution in [0.15, 0.2) is 42.1 Å². The molecule has 3 rings (SSSR count). The van der Waals surface area contributed by atoms with Crippen molar-refractivity contribution in [3.8, 4) is 10.4 Å². The van der Waals surface area contributed by atoms with Gasteiger partial charge in [-0.2, -0.15) is 0 Å². The first kappa shape index (κ1) is 16.7. The van der Waals surface area contributed by atoms with E-state index in [1.807, 2.05) is 24.6 Å². The van der Waals surface area contributed by atoms with Gasteiger partial charge in [-0.3, -0.25) is 4.79 Å². The molecule has 1 aliphatic rings. The summed E-state index contributed by atoms with van der Waals surface area (Å²) in [6.45, 7) is 6.63. The molecule has 126 valence electrons. The lowest BCUT2D eigenvalue weighted by Crippen LogP contribution is -2.39. The van der Waals surface area contributed by atoms with Crippen LogP contribution in [0.2, 0.25) is 0 Å². The minimum atomic E-state index is -0.266. The van der Waals surface area contributed by atoms with E-state index >= 15 is 0 Å². The molecule has 0 radical (unpaired) electrons. The Balaban J connectivity index is 1.54. The SMILES string of the molecule is C=C(O)C1CN[C@H](C(=O)NCc2ccc(-c3scnc3C)cc2)C1. The van der Waals surface area contributed by atoms with Crippen molar-refractivity contribution in [3.63, 3.8) is 0 Å². The highest BCUT2D eigenvalue weighted by atomic mass is 32.1. The van der Waals surface area contributed by atoms with E-state index in [1.54, 1.807) is 11.3 Å². The largest absolute Gasteiger partial charge is 0.513 e. The summed E-state index contributed by atoms with van der Waals surface area (Å²) in [5.74, 6) is 0.0653. The Hall–Kier alpha value is -2.18. The minimum absolute atomic E-state index is 0.0392. The Morgan fingerprint density at radius 1 is 1.46 bits per heavy atom. The number of nitrogens with zero attached hydrogens (tertiary/aromatic N) is 1. The number of carbonyl (C=O) groups is 1. The highest BCUT2D eigenvalue weighted by molar-refractivity contribution is 7.13. The number of benzene rings is 1. The van der Waals surface area contributed by atoms with E-state index in [9.17, 15) is 9.90 Å². The van der Waals surface area contributed by atoms with Crippen molar-refractivity contribution in [1.82, 2.24) is 15.6 Å². The average Bonchev–Trinajstić information content (AvgIpc) is 3.22. The molecule has 1 aromatic carbocycles. The van der Waals surface area contributed by atoms with E-state index in [2.05, 4.69) is 34.3 Å². The number of rotatable bonds is 5. The van der Waals surface area contributed by atoms with Gasteiger partial charge in [-0.1, -0.05) is 30.8 Å². The lowest BCUT2D eigenvalue weighted by atomic mass is 10.0. The smallest absolute Gasteiger partial charge is 0.237 e. The Morgan fingerprint density at radius 3 is 2.79 bits per heavy atom. The van der Waals surface area contributed by atoms with Crippen molar-refractivity contribution in [2.24, 2.45) is 5.92 Å². The summed E-state index contributed by atoms with van der Waals surface area (Å²) in [5.41, 5.74) is 5.08. The predicted molar refractivity (Wildman–Crippen MR) is 95.8 cm³/mol. The second-order valence-corrected chi connectivity index (χ2v) is 6.92. The second-order valence-electron chi connectivity index (χ2n) is 6.07. The molecule has 2 aromatic rings. The van der Waals surface area contributed by atoms with E-state index in [-0.39, 0.29) is 23.6 Å². The maximum absolute atomic E-state index is 12.2. The van der Waals surface area contributed by atoms with Crippen molar-refractivity contribution in [2.75, 3.05) is 6.54 Å². The number of aliphatic hydroxyl groups is 1. The van der Waals surface area contributed by atoms with Gasteiger partial charge in [-0.05, 0) is 24.5 Å². The Labute approximate surface area is 145 Å². The normalized spacial score (nSPS) is 20.0. The third kappa shape index (κ3) is 3.66. The molecular formula is C18H21N3O2S. The molecule has 1 saturated heterocycles. The van der Waals surface area contributed by atoms with Crippen molar-refractivity contribution < 1.29 is 9.90 Å². The Bertz CT molecular complexity index is 739. The maximum atomic E-state index is 12.2. The van der Waals surface area contributed by atoms with Gasteiger partial charge in [0.05, 0.1) is 27.9 Å². The Kier molecular flexibility index (Phi) is 4.97. The molecule has 2 atom stereocenters. The number of aromatic nitrogens is 1. The van der Waals surface area contributed by atoms with E-state index < -0.39 is 0 Å². The van der Waals surface area contributed by atoms with E-state index in [0.29, 0.717) is 19.5 Å². The number of carbonyl (C=O) groups excluding carboxylic acids is 1.